The number of hydrogen-bond donors (Lipinski definition) is 1. The molecule has 1 nitrogen and oxygen atoms in total. The maximum atomic E-state index is 13.1. The zero-order valence-corrected chi connectivity index (χ0v) is 9.11. The van der Waals surface area contributed by atoms with Crippen LogP contribution in [0.1, 0.15) is 12.5 Å². The Kier molecular flexibility index (Phi) is 4.72. The lowest BCUT2D eigenvalue weighted by Crippen LogP contribution is -2.16. The second-order valence-corrected chi connectivity index (χ2v) is 3.51. The lowest BCUT2D eigenvalue weighted by molar-refractivity contribution is 0.574. The van der Waals surface area contributed by atoms with E-state index in [1.165, 1.54) is 11.6 Å². The average molecular weight is 232 g/mol. The Labute approximate surface area is 92.8 Å². The fraction of sp³-hybridized carbons (Fsp3) is 0.273. The summed E-state index contributed by atoms with van der Waals surface area (Å²) in [6.45, 7) is 2.69. The van der Waals surface area contributed by atoms with Gasteiger partial charge in [0.15, 0.2) is 0 Å². The summed E-state index contributed by atoms with van der Waals surface area (Å²) in [5.41, 5.74) is 2.71. The number of nitrogens with one attached hydrogen (secondary N) is 1. The first-order valence-corrected chi connectivity index (χ1v) is 4.97. The first kappa shape index (κ1) is 12.1. The molecule has 0 aliphatic carbocycles. The smallest absolute Gasteiger partial charge is 0.127 e. The van der Waals surface area contributed by atoms with Gasteiger partial charge in [0.2, 0.25) is 0 Å². The molecule has 0 unspecified atom stereocenters. The lowest BCUT2D eigenvalue weighted by atomic mass is 10.2. The van der Waals surface area contributed by atoms with Gasteiger partial charge in [0, 0.05) is 24.2 Å². The maximum Gasteiger partial charge on any atom is 0.127 e. The van der Waals surface area contributed by atoms with E-state index in [-0.39, 0.29) is 6.54 Å². The molecular formula is C11H12ClF2N. The molecule has 15 heavy (non-hydrogen) atoms. The van der Waals surface area contributed by atoms with Crippen LogP contribution in [0.4, 0.5) is 8.78 Å². The average Bonchev–Trinajstić information content (AvgIpc) is 2.23. The van der Waals surface area contributed by atoms with E-state index in [1.807, 2.05) is 6.92 Å². The van der Waals surface area contributed by atoms with Gasteiger partial charge in [-0.25, -0.2) is 8.78 Å². The zero-order chi connectivity index (χ0) is 11.3. The Morgan fingerprint density at radius 1 is 1.47 bits per heavy atom. The van der Waals surface area contributed by atoms with E-state index in [1.54, 1.807) is 0 Å². The second kappa shape index (κ2) is 5.83. The van der Waals surface area contributed by atoms with Crippen LogP contribution in [0.15, 0.2) is 29.3 Å². The topological polar surface area (TPSA) is 12.0 Å². The number of halogens is 3. The highest BCUT2D eigenvalue weighted by Crippen LogP contribution is 2.09. The molecule has 0 bridgehead atoms. The molecule has 4 heteroatoms. The Hall–Kier alpha value is -0.930. The van der Waals surface area contributed by atoms with Gasteiger partial charge in [-0.15, -0.1) is 0 Å². The minimum Gasteiger partial charge on any atom is -0.309 e. The summed E-state index contributed by atoms with van der Waals surface area (Å²) in [5.74, 6) is -0.839. The van der Waals surface area contributed by atoms with Crippen molar-refractivity contribution in [2.24, 2.45) is 0 Å². The van der Waals surface area contributed by atoms with Crippen LogP contribution in [0.3, 0.4) is 0 Å². The van der Waals surface area contributed by atoms with Crippen LogP contribution in [-0.4, -0.2) is 6.54 Å². The van der Waals surface area contributed by atoms with Crippen molar-refractivity contribution >= 4 is 11.6 Å². The van der Waals surface area contributed by atoms with E-state index in [0.29, 0.717) is 12.1 Å². The molecule has 0 aliphatic rings. The van der Waals surface area contributed by atoms with Gasteiger partial charge in [-0.2, -0.15) is 0 Å². The monoisotopic (exact) mass is 231 g/mol. The van der Waals surface area contributed by atoms with Gasteiger partial charge in [-0.05, 0) is 30.7 Å². The van der Waals surface area contributed by atoms with Crippen LogP contribution in [-0.2, 0) is 6.54 Å². The summed E-state index contributed by atoms with van der Waals surface area (Å²) in [5, 5.41) is 2.96. The Morgan fingerprint density at radius 2 is 2.20 bits per heavy atom. The maximum absolute atomic E-state index is 13.1. The van der Waals surface area contributed by atoms with Crippen LogP contribution in [0.2, 0.25) is 0 Å². The zero-order valence-electron chi connectivity index (χ0n) is 8.36. The van der Waals surface area contributed by atoms with Gasteiger partial charge in [-0.1, -0.05) is 11.6 Å². The molecule has 0 fully saturated rings. The first-order valence-electron chi connectivity index (χ1n) is 4.54. The van der Waals surface area contributed by atoms with E-state index >= 15 is 0 Å². The first-order chi connectivity index (χ1) is 7.13. The van der Waals surface area contributed by atoms with Crippen molar-refractivity contribution < 1.29 is 8.78 Å². The molecule has 0 spiro atoms. The molecule has 0 saturated heterocycles. The second-order valence-electron chi connectivity index (χ2n) is 3.29. The predicted octanol–water partition coefficient (Wildman–Crippen LogP) is 3.20. The number of hydrogen-bond acceptors (Lipinski definition) is 1. The fourth-order valence-corrected chi connectivity index (χ4v) is 1.19. The van der Waals surface area contributed by atoms with Crippen molar-refractivity contribution in [2.75, 3.05) is 6.54 Å². The van der Waals surface area contributed by atoms with Crippen LogP contribution in [0.5, 0.6) is 0 Å². The van der Waals surface area contributed by atoms with Crippen LogP contribution in [0, 0.1) is 11.6 Å². The Bertz CT molecular complexity index is 364. The SMILES string of the molecule is C/C(=C/Cl)CNCc1cc(F)ccc1F. The molecular weight excluding hydrogens is 220 g/mol. The summed E-state index contributed by atoms with van der Waals surface area (Å²) in [6, 6.07) is 3.40. The summed E-state index contributed by atoms with van der Waals surface area (Å²) in [4.78, 5) is 0. The summed E-state index contributed by atoms with van der Waals surface area (Å²) < 4.78 is 25.9. The molecule has 0 aromatic heterocycles. The minimum atomic E-state index is -0.433. The van der Waals surface area contributed by atoms with Gasteiger partial charge < -0.3 is 5.32 Å². The van der Waals surface area contributed by atoms with E-state index in [2.05, 4.69) is 5.32 Å². The van der Waals surface area contributed by atoms with Crippen LogP contribution in [0.25, 0.3) is 0 Å². The highest BCUT2D eigenvalue weighted by atomic mass is 35.5. The van der Waals surface area contributed by atoms with E-state index in [4.69, 9.17) is 11.6 Å². The van der Waals surface area contributed by atoms with Crippen molar-refractivity contribution in [1.82, 2.24) is 5.32 Å². The van der Waals surface area contributed by atoms with Gasteiger partial charge >= 0.3 is 0 Å². The fourth-order valence-electron chi connectivity index (χ4n) is 1.11. The van der Waals surface area contributed by atoms with Gasteiger partial charge in [0.1, 0.15) is 11.6 Å². The largest absolute Gasteiger partial charge is 0.309 e. The Balaban J connectivity index is 2.54. The van der Waals surface area contributed by atoms with Crippen molar-refractivity contribution in [2.45, 2.75) is 13.5 Å². The van der Waals surface area contributed by atoms with Crippen molar-refractivity contribution in [3.63, 3.8) is 0 Å². The van der Waals surface area contributed by atoms with Gasteiger partial charge in [0.05, 0.1) is 0 Å². The van der Waals surface area contributed by atoms with E-state index in [9.17, 15) is 8.78 Å². The molecule has 1 aromatic carbocycles. The predicted molar refractivity (Wildman–Crippen MR) is 57.7 cm³/mol. The standard InChI is InChI=1S/C11H12ClF2N/c1-8(5-12)6-15-7-9-4-10(13)2-3-11(9)14/h2-5,15H,6-7H2,1H3/b8-5-. The summed E-state index contributed by atoms with van der Waals surface area (Å²) in [6.07, 6.45) is 0. The molecule has 1 N–H and O–H groups in total. The normalized spacial score (nSPS) is 11.9. The minimum absolute atomic E-state index is 0.283. The quantitative estimate of drug-likeness (QED) is 0.839. The third-order valence-electron chi connectivity index (χ3n) is 1.91. The highest BCUT2D eigenvalue weighted by molar-refractivity contribution is 6.25. The number of rotatable bonds is 4. The molecule has 0 atom stereocenters. The van der Waals surface area contributed by atoms with Crippen LogP contribution >= 0.6 is 11.6 Å². The molecule has 0 saturated carbocycles. The van der Waals surface area contributed by atoms with Crippen molar-refractivity contribution in [3.05, 3.63) is 46.5 Å². The highest BCUT2D eigenvalue weighted by Gasteiger charge is 2.02. The molecule has 0 heterocycles. The Morgan fingerprint density at radius 3 is 2.87 bits per heavy atom. The molecule has 82 valence electrons. The van der Waals surface area contributed by atoms with Crippen molar-refractivity contribution in [3.8, 4) is 0 Å². The summed E-state index contributed by atoms with van der Waals surface area (Å²) >= 11 is 5.45. The molecule has 1 aromatic rings. The van der Waals surface area contributed by atoms with Gasteiger partial charge in [-0.3, -0.25) is 0 Å². The number of benzene rings is 1. The third kappa shape index (κ3) is 3.98. The molecule has 0 aliphatic heterocycles. The van der Waals surface area contributed by atoms with E-state index in [0.717, 1.165) is 17.7 Å². The molecule has 0 amide bonds. The van der Waals surface area contributed by atoms with Crippen molar-refractivity contribution in [1.29, 1.82) is 0 Å². The molecule has 1 rings (SSSR count). The molecule has 0 radical (unpaired) electrons. The lowest BCUT2D eigenvalue weighted by Gasteiger charge is -2.05. The third-order valence-corrected chi connectivity index (χ3v) is 2.29. The summed E-state index contributed by atoms with van der Waals surface area (Å²) in [7, 11) is 0. The van der Waals surface area contributed by atoms with E-state index < -0.39 is 11.6 Å². The van der Waals surface area contributed by atoms with Crippen LogP contribution < -0.4 is 5.32 Å². The van der Waals surface area contributed by atoms with Gasteiger partial charge in [0.25, 0.3) is 0 Å².